The van der Waals surface area contributed by atoms with Gasteiger partial charge in [0.1, 0.15) is 0 Å². The topological polar surface area (TPSA) is 101 Å². The fourth-order valence-electron chi connectivity index (χ4n) is 1.10. The van der Waals surface area contributed by atoms with Gasteiger partial charge in [-0.25, -0.2) is 0 Å². The molecule has 0 N–H and O–H groups in total. The van der Waals surface area contributed by atoms with E-state index in [1.807, 2.05) is 0 Å². The minimum atomic E-state index is -1.20. The molecule has 0 fully saturated rings. The van der Waals surface area contributed by atoms with Crippen LogP contribution in [0.1, 0.15) is 12.6 Å². The number of nitro groups is 1. The van der Waals surface area contributed by atoms with Gasteiger partial charge in [0.05, 0.1) is 23.4 Å². The average Bonchev–Trinajstić information content (AvgIpc) is 2.47. The van der Waals surface area contributed by atoms with Gasteiger partial charge in [-0.15, -0.1) is 0 Å². The summed E-state index contributed by atoms with van der Waals surface area (Å²) in [5.74, 6) is -2.21. The summed E-state index contributed by atoms with van der Waals surface area (Å²) in [5, 5.41) is 24.5. The first-order chi connectivity index (χ1) is 6.91. The molecule has 0 aromatic carbocycles. The molecule has 0 saturated carbocycles. The second-order valence-corrected chi connectivity index (χ2v) is 3.30. The third kappa shape index (κ3) is 2.52. The normalized spacial score (nSPS) is 12.4. The molecule has 15 heavy (non-hydrogen) atoms. The second kappa shape index (κ2) is 4.07. The quantitative estimate of drug-likeness (QED) is 0.494. The number of aryl methyl sites for hydroxylation is 1. The van der Waals surface area contributed by atoms with E-state index in [0.29, 0.717) is 5.69 Å². The Bertz CT molecular complexity index is 399. The Hall–Kier alpha value is -1.92. The summed E-state index contributed by atoms with van der Waals surface area (Å²) in [6.45, 7) is 3.16. The number of carboxylic acid groups (broad SMARTS) is 1. The van der Waals surface area contributed by atoms with E-state index < -0.39 is 16.8 Å². The number of hydrogen-bond donors (Lipinski definition) is 0. The first-order valence-electron chi connectivity index (χ1n) is 4.31. The number of aromatic nitrogens is 2. The summed E-state index contributed by atoms with van der Waals surface area (Å²) in [7, 11) is 0. The van der Waals surface area contributed by atoms with Crippen LogP contribution < -0.4 is 5.11 Å². The molecular formula is C8H10N3O4-. The Morgan fingerprint density at radius 3 is 2.73 bits per heavy atom. The zero-order valence-electron chi connectivity index (χ0n) is 8.34. The van der Waals surface area contributed by atoms with E-state index in [-0.39, 0.29) is 12.4 Å². The average molecular weight is 212 g/mol. The van der Waals surface area contributed by atoms with E-state index in [4.69, 9.17) is 0 Å². The van der Waals surface area contributed by atoms with Crippen LogP contribution in [0.3, 0.4) is 0 Å². The molecule has 7 heteroatoms. The molecule has 0 amide bonds. The molecule has 0 aliphatic heterocycles. The molecule has 1 aromatic rings. The number of hydrogen-bond acceptors (Lipinski definition) is 5. The van der Waals surface area contributed by atoms with Crippen LogP contribution in [0.25, 0.3) is 0 Å². The molecular weight excluding hydrogens is 202 g/mol. The van der Waals surface area contributed by atoms with Crippen LogP contribution in [0.5, 0.6) is 0 Å². The number of nitrogens with zero attached hydrogens (tertiary/aromatic N) is 3. The molecule has 0 aliphatic rings. The summed E-state index contributed by atoms with van der Waals surface area (Å²) >= 11 is 0. The third-order valence-corrected chi connectivity index (χ3v) is 2.00. The van der Waals surface area contributed by atoms with Gasteiger partial charge in [-0.05, 0) is 11.8 Å². The van der Waals surface area contributed by atoms with Crippen LogP contribution in [0.2, 0.25) is 0 Å². The van der Waals surface area contributed by atoms with Crippen LogP contribution in [0, 0.1) is 23.0 Å². The summed E-state index contributed by atoms with van der Waals surface area (Å²) < 4.78 is 1.29. The zero-order chi connectivity index (χ0) is 11.6. The predicted molar refractivity (Wildman–Crippen MR) is 47.8 cm³/mol. The van der Waals surface area contributed by atoms with Crippen LogP contribution in [-0.4, -0.2) is 20.7 Å². The minimum absolute atomic E-state index is 0.0714. The molecule has 0 radical (unpaired) electrons. The van der Waals surface area contributed by atoms with Crippen molar-refractivity contribution < 1.29 is 14.8 Å². The summed E-state index contributed by atoms with van der Waals surface area (Å²) in [5.41, 5.74) is 0.551. The van der Waals surface area contributed by atoms with Crippen LogP contribution in [0.15, 0.2) is 6.07 Å². The van der Waals surface area contributed by atoms with Gasteiger partial charge in [-0.2, -0.15) is 4.68 Å². The van der Waals surface area contributed by atoms with Gasteiger partial charge in [-0.1, -0.05) is 6.92 Å². The third-order valence-electron chi connectivity index (χ3n) is 2.00. The number of rotatable bonds is 4. The highest BCUT2D eigenvalue weighted by Gasteiger charge is 2.17. The molecule has 1 heterocycles. The number of carbonyl (C=O) groups is 1. The lowest BCUT2D eigenvalue weighted by molar-refractivity contribution is -0.389. The molecule has 0 spiro atoms. The lowest BCUT2D eigenvalue weighted by Gasteiger charge is -2.10. The highest BCUT2D eigenvalue weighted by molar-refractivity contribution is 5.66. The fraction of sp³-hybridized carbons (Fsp3) is 0.500. The highest BCUT2D eigenvalue weighted by Crippen LogP contribution is 2.12. The van der Waals surface area contributed by atoms with Crippen LogP contribution >= 0.6 is 0 Å². The van der Waals surface area contributed by atoms with Gasteiger partial charge in [-0.3, -0.25) is 0 Å². The minimum Gasteiger partial charge on any atom is -0.550 e. The highest BCUT2D eigenvalue weighted by atomic mass is 16.6. The molecule has 0 aliphatic carbocycles. The predicted octanol–water partition coefficient (Wildman–Crippen LogP) is -0.514. The van der Waals surface area contributed by atoms with E-state index >= 15 is 0 Å². The van der Waals surface area contributed by atoms with E-state index in [2.05, 4.69) is 5.10 Å². The lowest BCUT2D eigenvalue weighted by Crippen LogP contribution is -2.32. The second-order valence-electron chi connectivity index (χ2n) is 3.30. The van der Waals surface area contributed by atoms with Crippen molar-refractivity contribution in [1.82, 2.24) is 9.78 Å². The molecule has 1 rings (SSSR count). The van der Waals surface area contributed by atoms with E-state index in [0.717, 1.165) is 0 Å². The van der Waals surface area contributed by atoms with E-state index in [1.54, 1.807) is 6.92 Å². The molecule has 0 bridgehead atoms. The summed E-state index contributed by atoms with van der Waals surface area (Å²) in [6, 6.07) is 1.29. The first-order valence-corrected chi connectivity index (χ1v) is 4.31. The van der Waals surface area contributed by atoms with Crippen molar-refractivity contribution in [2.75, 3.05) is 0 Å². The molecule has 0 unspecified atom stereocenters. The fourth-order valence-corrected chi connectivity index (χ4v) is 1.10. The maximum absolute atomic E-state index is 10.5. The van der Waals surface area contributed by atoms with Crippen molar-refractivity contribution in [2.45, 2.75) is 20.4 Å². The van der Waals surface area contributed by atoms with Gasteiger partial charge in [0.2, 0.25) is 0 Å². The monoisotopic (exact) mass is 212 g/mol. The van der Waals surface area contributed by atoms with Crippen molar-refractivity contribution in [3.05, 3.63) is 21.9 Å². The number of carbonyl (C=O) groups excluding carboxylic acids is 1. The Labute approximate surface area is 85.5 Å². The molecule has 7 nitrogen and oxygen atoms in total. The largest absolute Gasteiger partial charge is 0.550 e. The molecule has 1 aromatic heterocycles. The zero-order valence-corrected chi connectivity index (χ0v) is 8.34. The Kier molecular flexibility index (Phi) is 3.03. The lowest BCUT2D eigenvalue weighted by atomic mass is 10.2. The molecule has 1 atom stereocenters. The Balaban J connectivity index is 2.86. The van der Waals surface area contributed by atoms with E-state index in [1.165, 1.54) is 17.7 Å². The van der Waals surface area contributed by atoms with Crippen molar-refractivity contribution in [3.8, 4) is 0 Å². The van der Waals surface area contributed by atoms with Crippen molar-refractivity contribution in [1.29, 1.82) is 0 Å². The maximum atomic E-state index is 10.5. The van der Waals surface area contributed by atoms with Gasteiger partial charge >= 0.3 is 5.82 Å². The standard InChI is InChI=1S/C8H11N3O4/c1-5(8(12)13)4-10-6(2)3-7(9-10)11(14)15/h3,5H,4H2,1-2H3,(H,12,13)/p-1/t5-/m0/s1. The molecule has 0 saturated heterocycles. The number of aliphatic carboxylic acids is 1. The van der Waals surface area contributed by atoms with Crippen LogP contribution in [0.4, 0.5) is 5.82 Å². The van der Waals surface area contributed by atoms with E-state index in [9.17, 15) is 20.0 Å². The molecule has 82 valence electrons. The van der Waals surface area contributed by atoms with Crippen molar-refractivity contribution in [3.63, 3.8) is 0 Å². The summed E-state index contributed by atoms with van der Waals surface area (Å²) in [6.07, 6.45) is 0. The van der Waals surface area contributed by atoms with Crippen molar-refractivity contribution in [2.24, 2.45) is 5.92 Å². The van der Waals surface area contributed by atoms with Crippen LogP contribution in [-0.2, 0) is 11.3 Å². The summed E-state index contributed by atoms with van der Waals surface area (Å²) in [4.78, 5) is 20.2. The Morgan fingerprint density at radius 2 is 2.33 bits per heavy atom. The first kappa shape index (κ1) is 11.2. The van der Waals surface area contributed by atoms with Gasteiger partial charge < -0.3 is 20.0 Å². The number of carboxylic acids is 1. The van der Waals surface area contributed by atoms with Gasteiger partial charge in [0.25, 0.3) is 0 Å². The van der Waals surface area contributed by atoms with Gasteiger partial charge in [0.15, 0.2) is 0 Å². The smallest absolute Gasteiger partial charge is 0.390 e. The Morgan fingerprint density at radius 1 is 1.73 bits per heavy atom. The SMILES string of the molecule is Cc1cc([N+](=O)[O-])nn1C[C@H](C)C(=O)[O-]. The van der Waals surface area contributed by atoms with Crippen molar-refractivity contribution >= 4 is 11.8 Å². The maximum Gasteiger partial charge on any atom is 0.390 e. The van der Waals surface area contributed by atoms with Gasteiger partial charge in [0, 0.05) is 11.9 Å².